The number of oxazole rings is 1. The van der Waals surface area contributed by atoms with Gasteiger partial charge in [-0.3, -0.25) is 0 Å². The first-order valence-corrected chi connectivity index (χ1v) is 8.80. The van der Waals surface area contributed by atoms with Gasteiger partial charge < -0.3 is 9.32 Å². The van der Waals surface area contributed by atoms with E-state index in [4.69, 9.17) is 14.4 Å². The summed E-state index contributed by atoms with van der Waals surface area (Å²) in [4.78, 5) is 16.3. The third kappa shape index (κ3) is 2.54. The summed E-state index contributed by atoms with van der Waals surface area (Å²) in [7, 11) is 0. The Morgan fingerprint density at radius 2 is 1.92 bits per heavy atom. The number of benzene rings is 1. The van der Waals surface area contributed by atoms with Crippen molar-refractivity contribution in [2.75, 3.05) is 18.0 Å². The van der Waals surface area contributed by atoms with Crippen LogP contribution >= 0.6 is 0 Å². The number of anilines is 1. The third-order valence-electron chi connectivity index (χ3n) is 5.01. The fraction of sp³-hybridized carbons (Fsp3) is 0.421. The molecule has 1 saturated heterocycles. The molecule has 0 bridgehead atoms. The van der Waals surface area contributed by atoms with Gasteiger partial charge in [-0.05, 0) is 43.9 Å². The minimum Gasteiger partial charge on any atom is -0.440 e. The first kappa shape index (κ1) is 14.0. The predicted octanol–water partition coefficient (Wildman–Crippen LogP) is 3.88. The molecule has 2 fully saturated rings. The van der Waals surface area contributed by atoms with Crippen LogP contribution in [0.3, 0.4) is 0 Å². The molecule has 0 N–H and O–H groups in total. The molecule has 1 unspecified atom stereocenters. The van der Waals surface area contributed by atoms with Crippen molar-refractivity contribution in [3.05, 3.63) is 48.2 Å². The van der Waals surface area contributed by atoms with Crippen molar-refractivity contribution in [3.63, 3.8) is 0 Å². The summed E-state index contributed by atoms with van der Waals surface area (Å²) in [5.41, 5.74) is 1.82. The zero-order valence-corrected chi connectivity index (χ0v) is 13.6. The van der Waals surface area contributed by atoms with E-state index < -0.39 is 0 Å². The standard InChI is InChI=1S/C19H20N4O/c1-2-6-16-15(5-1)21-19(24-16)14-4-3-11-23(12-14)17-9-10-20-18(22-17)13-7-8-13/h1-2,5-6,9-10,13-14H,3-4,7-8,11-12H2. The number of piperidine rings is 1. The minimum absolute atomic E-state index is 0.325. The highest BCUT2D eigenvalue weighted by Crippen LogP contribution is 2.38. The molecule has 5 rings (SSSR count). The van der Waals surface area contributed by atoms with Gasteiger partial charge in [-0.1, -0.05) is 12.1 Å². The monoisotopic (exact) mass is 320 g/mol. The van der Waals surface area contributed by atoms with Crippen molar-refractivity contribution in [2.45, 2.75) is 37.5 Å². The van der Waals surface area contributed by atoms with Gasteiger partial charge in [0.1, 0.15) is 17.2 Å². The molecule has 5 nitrogen and oxygen atoms in total. The summed E-state index contributed by atoms with van der Waals surface area (Å²) in [6.07, 6.45) is 6.61. The number of para-hydroxylation sites is 2. The van der Waals surface area contributed by atoms with Crippen LogP contribution in [0.4, 0.5) is 5.82 Å². The Bertz CT molecular complexity index is 837. The second-order valence-corrected chi connectivity index (χ2v) is 6.85. The third-order valence-corrected chi connectivity index (χ3v) is 5.01. The topological polar surface area (TPSA) is 55.1 Å². The normalized spacial score (nSPS) is 21.3. The molecule has 1 aromatic carbocycles. The molecule has 2 aliphatic rings. The Morgan fingerprint density at radius 3 is 2.79 bits per heavy atom. The zero-order valence-electron chi connectivity index (χ0n) is 13.6. The lowest BCUT2D eigenvalue weighted by Gasteiger charge is -2.32. The van der Waals surface area contributed by atoms with Gasteiger partial charge in [-0.2, -0.15) is 0 Å². The van der Waals surface area contributed by atoms with E-state index in [1.54, 1.807) is 0 Å². The number of hydrogen-bond acceptors (Lipinski definition) is 5. The van der Waals surface area contributed by atoms with Crippen molar-refractivity contribution in [1.29, 1.82) is 0 Å². The van der Waals surface area contributed by atoms with Gasteiger partial charge in [0, 0.05) is 25.2 Å². The van der Waals surface area contributed by atoms with Gasteiger partial charge in [0.15, 0.2) is 11.5 Å². The van der Waals surface area contributed by atoms with Crippen LogP contribution in [0.15, 0.2) is 40.9 Å². The molecule has 3 heterocycles. The second-order valence-electron chi connectivity index (χ2n) is 6.85. The Hall–Kier alpha value is -2.43. The molecule has 1 aliphatic heterocycles. The van der Waals surface area contributed by atoms with Crippen LogP contribution in [0.25, 0.3) is 11.1 Å². The summed E-state index contributed by atoms with van der Waals surface area (Å²) in [6, 6.07) is 10.0. The molecule has 1 aliphatic carbocycles. The van der Waals surface area contributed by atoms with E-state index >= 15 is 0 Å². The highest BCUT2D eigenvalue weighted by Gasteiger charge is 2.29. The lowest BCUT2D eigenvalue weighted by Crippen LogP contribution is -2.35. The van der Waals surface area contributed by atoms with Gasteiger partial charge in [-0.25, -0.2) is 15.0 Å². The predicted molar refractivity (Wildman–Crippen MR) is 92.2 cm³/mol. The van der Waals surface area contributed by atoms with Crippen molar-refractivity contribution in [3.8, 4) is 0 Å². The fourth-order valence-electron chi connectivity index (χ4n) is 3.53. The number of fused-ring (bicyclic) bond motifs is 1. The van der Waals surface area contributed by atoms with Gasteiger partial charge in [0.2, 0.25) is 0 Å². The van der Waals surface area contributed by atoms with Crippen LogP contribution in [0.5, 0.6) is 0 Å². The van der Waals surface area contributed by atoms with Crippen LogP contribution in [0.2, 0.25) is 0 Å². The van der Waals surface area contributed by atoms with Gasteiger partial charge in [0.25, 0.3) is 0 Å². The fourth-order valence-corrected chi connectivity index (χ4v) is 3.53. The molecule has 24 heavy (non-hydrogen) atoms. The molecule has 1 atom stereocenters. The van der Waals surface area contributed by atoms with E-state index in [0.29, 0.717) is 11.8 Å². The Labute approximate surface area is 140 Å². The van der Waals surface area contributed by atoms with Crippen LogP contribution < -0.4 is 4.90 Å². The second kappa shape index (κ2) is 5.58. The quantitative estimate of drug-likeness (QED) is 0.733. The van der Waals surface area contributed by atoms with E-state index in [1.165, 1.54) is 12.8 Å². The maximum atomic E-state index is 5.99. The first-order chi connectivity index (χ1) is 11.9. The average Bonchev–Trinajstić information content (AvgIpc) is 3.40. The van der Waals surface area contributed by atoms with Gasteiger partial charge in [-0.15, -0.1) is 0 Å². The van der Waals surface area contributed by atoms with Gasteiger partial charge in [0.05, 0.1) is 5.92 Å². The number of nitrogens with zero attached hydrogens (tertiary/aromatic N) is 4. The summed E-state index contributed by atoms with van der Waals surface area (Å²) in [5, 5.41) is 0. The lowest BCUT2D eigenvalue weighted by atomic mass is 9.98. The summed E-state index contributed by atoms with van der Waals surface area (Å²) in [5.74, 6) is 3.83. The van der Waals surface area contributed by atoms with Crippen LogP contribution in [-0.2, 0) is 0 Å². The largest absolute Gasteiger partial charge is 0.440 e. The summed E-state index contributed by atoms with van der Waals surface area (Å²) in [6.45, 7) is 1.95. The maximum absolute atomic E-state index is 5.99. The maximum Gasteiger partial charge on any atom is 0.200 e. The molecular formula is C19H20N4O. The van der Waals surface area contributed by atoms with Crippen LogP contribution in [0.1, 0.15) is 49.2 Å². The lowest BCUT2D eigenvalue weighted by molar-refractivity contribution is 0.412. The number of rotatable bonds is 3. The average molecular weight is 320 g/mol. The Morgan fingerprint density at radius 1 is 1.00 bits per heavy atom. The number of aromatic nitrogens is 3. The van der Waals surface area contributed by atoms with Gasteiger partial charge >= 0.3 is 0 Å². The summed E-state index contributed by atoms with van der Waals surface area (Å²) < 4.78 is 5.99. The smallest absolute Gasteiger partial charge is 0.200 e. The van der Waals surface area contributed by atoms with Crippen LogP contribution in [-0.4, -0.2) is 28.0 Å². The molecule has 0 radical (unpaired) electrons. The molecule has 3 aromatic rings. The first-order valence-electron chi connectivity index (χ1n) is 8.80. The zero-order chi connectivity index (χ0) is 15.9. The highest BCUT2D eigenvalue weighted by atomic mass is 16.3. The van der Waals surface area contributed by atoms with Crippen molar-refractivity contribution in [2.24, 2.45) is 0 Å². The van der Waals surface area contributed by atoms with Crippen molar-refractivity contribution >= 4 is 16.9 Å². The molecule has 122 valence electrons. The molecule has 2 aromatic heterocycles. The molecular weight excluding hydrogens is 300 g/mol. The Balaban J connectivity index is 1.40. The van der Waals surface area contributed by atoms with E-state index in [9.17, 15) is 0 Å². The molecule has 5 heteroatoms. The van der Waals surface area contributed by atoms with E-state index in [0.717, 1.165) is 54.6 Å². The number of hydrogen-bond donors (Lipinski definition) is 0. The SMILES string of the molecule is c1ccc2oc(C3CCCN(c4ccnc(C5CC5)n4)C3)nc2c1. The molecule has 0 spiro atoms. The molecule has 1 saturated carbocycles. The summed E-state index contributed by atoms with van der Waals surface area (Å²) >= 11 is 0. The minimum atomic E-state index is 0.325. The Kier molecular flexibility index (Phi) is 3.25. The highest BCUT2D eigenvalue weighted by molar-refractivity contribution is 5.72. The van der Waals surface area contributed by atoms with E-state index in [1.807, 2.05) is 36.5 Å². The van der Waals surface area contributed by atoms with E-state index in [-0.39, 0.29) is 0 Å². The van der Waals surface area contributed by atoms with Crippen LogP contribution in [0, 0.1) is 0 Å². The van der Waals surface area contributed by atoms with E-state index in [2.05, 4.69) is 9.88 Å². The van der Waals surface area contributed by atoms with Crippen molar-refractivity contribution in [1.82, 2.24) is 15.0 Å². The molecule has 0 amide bonds. The van der Waals surface area contributed by atoms with Crippen molar-refractivity contribution < 1.29 is 4.42 Å².